The van der Waals surface area contributed by atoms with Gasteiger partial charge in [0.1, 0.15) is 12.1 Å². The molecular formula is C13H16N4. The van der Waals surface area contributed by atoms with E-state index in [1.807, 2.05) is 25.2 Å². The second-order valence-corrected chi connectivity index (χ2v) is 3.76. The highest BCUT2D eigenvalue weighted by Crippen LogP contribution is 2.24. The van der Waals surface area contributed by atoms with Gasteiger partial charge in [-0.1, -0.05) is 19.4 Å². The van der Waals surface area contributed by atoms with Crippen LogP contribution in [0, 0.1) is 0 Å². The van der Waals surface area contributed by atoms with Gasteiger partial charge in [0.2, 0.25) is 0 Å². The van der Waals surface area contributed by atoms with Crippen LogP contribution in [-0.2, 0) is 6.42 Å². The fourth-order valence-electron chi connectivity index (χ4n) is 1.84. The normalized spacial score (nSPS) is 10.2. The highest BCUT2D eigenvalue weighted by Gasteiger charge is 2.11. The number of hydrogen-bond acceptors (Lipinski definition) is 4. The largest absolute Gasteiger partial charge is 0.373 e. The highest BCUT2D eigenvalue weighted by molar-refractivity contribution is 5.65. The summed E-state index contributed by atoms with van der Waals surface area (Å²) in [6, 6.07) is 5.85. The van der Waals surface area contributed by atoms with E-state index in [9.17, 15) is 0 Å². The molecular weight excluding hydrogens is 212 g/mol. The van der Waals surface area contributed by atoms with Crippen LogP contribution in [0.1, 0.15) is 18.9 Å². The van der Waals surface area contributed by atoms with Crippen LogP contribution in [-0.4, -0.2) is 22.0 Å². The van der Waals surface area contributed by atoms with E-state index in [2.05, 4.69) is 27.2 Å². The molecule has 0 aliphatic carbocycles. The maximum Gasteiger partial charge on any atom is 0.133 e. The molecule has 0 aliphatic heterocycles. The molecule has 0 unspecified atom stereocenters. The summed E-state index contributed by atoms with van der Waals surface area (Å²) in [4.78, 5) is 13.0. The smallest absolute Gasteiger partial charge is 0.133 e. The minimum absolute atomic E-state index is 0.891. The number of rotatable bonds is 4. The van der Waals surface area contributed by atoms with Crippen LogP contribution in [0.15, 0.2) is 30.7 Å². The van der Waals surface area contributed by atoms with E-state index in [-0.39, 0.29) is 0 Å². The lowest BCUT2D eigenvalue weighted by molar-refractivity contribution is 0.904. The van der Waals surface area contributed by atoms with Crippen LogP contribution in [0.25, 0.3) is 11.4 Å². The van der Waals surface area contributed by atoms with Crippen LogP contribution in [0.5, 0.6) is 0 Å². The minimum Gasteiger partial charge on any atom is -0.373 e. The van der Waals surface area contributed by atoms with Gasteiger partial charge in [-0.25, -0.2) is 9.97 Å². The highest BCUT2D eigenvalue weighted by atomic mass is 15.0. The summed E-state index contributed by atoms with van der Waals surface area (Å²) in [5.74, 6) is 0.891. The van der Waals surface area contributed by atoms with Crippen molar-refractivity contribution in [3.8, 4) is 11.4 Å². The fraction of sp³-hybridized carbons (Fsp3) is 0.308. The standard InChI is InChI=1S/C13H16N4/c1-3-6-10-12(11-7-4-5-8-15-11)16-9-17-13(10)14-2/h4-5,7-9H,3,6H2,1-2H3,(H,14,16,17). The van der Waals surface area contributed by atoms with E-state index in [1.54, 1.807) is 12.5 Å². The van der Waals surface area contributed by atoms with Crippen molar-refractivity contribution in [2.45, 2.75) is 19.8 Å². The summed E-state index contributed by atoms with van der Waals surface area (Å²) >= 11 is 0. The molecule has 0 radical (unpaired) electrons. The number of pyridine rings is 1. The molecule has 0 aromatic carbocycles. The first-order valence-electron chi connectivity index (χ1n) is 5.79. The van der Waals surface area contributed by atoms with Gasteiger partial charge in [0.15, 0.2) is 0 Å². The summed E-state index contributed by atoms with van der Waals surface area (Å²) in [7, 11) is 1.88. The SMILES string of the molecule is CCCc1c(NC)ncnc1-c1ccccn1. The molecule has 0 aliphatic rings. The predicted octanol–water partition coefficient (Wildman–Crippen LogP) is 2.53. The third-order valence-corrected chi connectivity index (χ3v) is 2.59. The summed E-state index contributed by atoms with van der Waals surface area (Å²) in [6.45, 7) is 2.15. The monoisotopic (exact) mass is 228 g/mol. The Hall–Kier alpha value is -1.97. The van der Waals surface area contributed by atoms with Crippen molar-refractivity contribution in [1.29, 1.82) is 0 Å². The zero-order valence-electron chi connectivity index (χ0n) is 10.1. The Labute approximate surface area is 101 Å². The van der Waals surface area contributed by atoms with E-state index in [0.717, 1.165) is 35.6 Å². The predicted molar refractivity (Wildman–Crippen MR) is 68.8 cm³/mol. The summed E-state index contributed by atoms with van der Waals surface area (Å²) in [6.07, 6.45) is 5.37. The molecule has 2 heterocycles. The number of aromatic nitrogens is 3. The van der Waals surface area contributed by atoms with Crippen molar-refractivity contribution >= 4 is 5.82 Å². The summed E-state index contributed by atoms with van der Waals surface area (Å²) in [5.41, 5.74) is 2.96. The maximum absolute atomic E-state index is 4.36. The van der Waals surface area contributed by atoms with Crippen LogP contribution in [0.2, 0.25) is 0 Å². The van der Waals surface area contributed by atoms with Gasteiger partial charge in [-0.05, 0) is 18.6 Å². The van der Waals surface area contributed by atoms with Crippen molar-refractivity contribution in [3.05, 3.63) is 36.3 Å². The molecule has 4 nitrogen and oxygen atoms in total. The number of nitrogens with zero attached hydrogens (tertiary/aromatic N) is 3. The van der Waals surface area contributed by atoms with E-state index in [0.29, 0.717) is 0 Å². The van der Waals surface area contributed by atoms with Gasteiger partial charge in [-0.3, -0.25) is 4.98 Å². The molecule has 0 atom stereocenters. The lowest BCUT2D eigenvalue weighted by Crippen LogP contribution is -2.03. The first-order valence-corrected chi connectivity index (χ1v) is 5.79. The molecule has 0 fully saturated rings. The Balaban J connectivity index is 2.53. The maximum atomic E-state index is 4.36. The Morgan fingerprint density at radius 2 is 2.06 bits per heavy atom. The molecule has 2 rings (SSSR count). The van der Waals surface area contributed by atoms with E-state index in [1.165, 1.54) is 0 Å². The van der Waals surface area contributed by atoms with Gasteiger partial charge in [0.25, 0.3) is 0 Å². The number of anilines is 1. The molecule has 0 amide bonds. The second kappa shape index (κ2) is 5.39. The van der Waals surface area contributed by atoms with Crippen molar-refractivity contribution in [2.75, 3.05) is 12.4 Å². The number of hydrogen-bond donors (Lipinski definition) is 1. The molecule has 4 heteroatoms. The van der Waals surface area contributed by atoms with Crippen LogP contribution in [0.3, 0.4) is 0 Å². The molecule has 0 bridgehead atoms. The van der Waals surface area contributed by atoms with Crippen LogP contribution >= 0.6 is 0 Å². The summed E-state index contributed by atoms with van der Waals surface area (Å²) < 4.78 is 0. The Kier molecular flexibility index (Phi) is 3.65. The number of nitrogens with one attached hydrogen (secondary N) is 1. The van der Waals surface area contributed by atoms with Gasteiger partial charge in [-0.15, -0.1) is 0 Å². The van der Waals surface area contributed by atoms with Gasteiger partial charge in [0, 0.05) is 18.8 Å². The van der Waals surface area contributed by atoms with E-state index in [4.69, 9.17) is 0 Å². The first-order chi connectivity index (χ1) is 8.36. The van der Waals surface area contributed by atoms with Gasteiger partial charge < -0.3 is 5.32 Å². The van der Waals surface area contributed by atoms with Crippen molar-refractivity contribution in [3.63, 3.8) is 0 Å². The molecule has 1 N–H and O–H groups in total. The van der Waals surface area contributed by atoms with Gasteiger partial charge in [0.05, 0.1) is 11.4 Å². The molecule has 2 aromatic heterocycles. The van der Waals surface area contributed by atoms with Crippen molar-refractivity contribution < 1.29 is 0 Å². The first kappa shape index (κ1) is 11.5. The third-order valence-electron chi connectivity index (χ3n) is 2.59. The lowest BCUT2D eigenvalue weighted by Gasteiger charge is -2.11. The second-order valence-electron chi connectivity index (χ2n) is 3.76. The molecule has 2 aromatic rings. The third kappa shape index (κ3) is 2.41. The molecule has 88 valence electrons. The Morgan fingerprint density at radius 3 is 2.71 bits per heavy atom. The van der Waals surface area contributed by atoms with Gasteiger partial charge >= 0.3 is 0 Å². The molecule has 0 saturated carbocycles. The average molecular weight is 228 g/mol. The Morgan fingerprint density at radius 1 is 1.18 bits per heavy atom. The quantitative estimate of drug-likeness (QED) is 0.873. The van der Waals surface area contributed by atoms with Crippen LogP contribution in [0.4, 0.5) is 5.82 Å². The zero-order chi connectivity index (χ0) is 12.1. The summed E-state index contributed by atoms with van der Waals surface area (Å²) in [5, 5.41) is 3.11. The Bertz CT molecular complexity index is 482. The lowest BCUT2D eigenvalue weighted by atomic mass is 10.1. The van der Waals surface area contributed by atoms with E-state index < -0.39 is 0 Å². The average Bonchev–Trinajstić information content (AvgIpc) is 2.40. The topological polar surface area (TPSA) is 50.7 Å². The molecule has 0 spiro atoms. The molecule has 17 heavy (non-hydrogen) atoms. The fourth-order valence-corrected chi connectivity index (χ4v) is 1.84. The van der Waals surface area contributed by atoms with Crippen molar-refractivity contribution in [1.82, 2.24) is 15.0 Å². The molecule has 0 saturated heterocycles. The van der Waals surface area contributed by atoms with E-state index >= 15 is 0 Å². The zero-order valence-corrected chi connectivity index (χ0v) is 10.1. The minimum atomic E-state index is 0.891. The van der Waals surface area contributed by atoms with Crippen molar-refractivity contribution in [2.24, 2.45) is 0 Å². The van der Waals surface area contributed by atoms with Gasteiger partial charge in [-0.2, -0.15) is 0 Å². The van der Waals surface area contributed by atoms with Crippen LogP contribution < -0.4 is 5.32 Å².